The molecule has 0 bridgehead atoms. The predicted octanol–water partition coefficient (Wildman–Crippen LogP) is 4.02. The van der Waals surface area contributed by atoms with E-state index in [1.165, 1.54) is 4.90 Å². The smallest absolute Gasteiger partial charge is 0.407 e. The molecule has 32 heavy (non-hydrogen) atoms. The Hall–Kier alpha value is -3.35. The van der Waals surface area contributed by atoms with Crippen LogP contribution in [0.2, 0.25) is 0 Å². The summed E-state index contributed by atoms with van der Waals surface area (Å²) in [6, 6.07) is 15.8. The molecule has 0 aromatic heterocycles. The molecule has 2 aromatic carbocycles. The minimum Gasteiger partial charge on any atom is -0.481 e. The number of carboxylic acids is 1. The van der Waals surface area contributed by atoms with E-state index in [1.807, 2.05) is 31.2 Å². The first-order valence-electron chi connectivity index (χ1n) is 11.0. The topological polar surface area (TPSA) is 95.9 Å². The molecule has 0 saturated carbocycles. The Morgan fingerprint density at radius 1 is 1.03 bits per heavy atom. The first kappa shape index (κ1) is 23.3. The number of rotatable bonds is 10. The number of carbonyl (C=O) groups is 3. The highest BCUT2D eigenvalue weighted by atomic mass is 16.5. The highest BCUT2D eigenvalue weighted by Crippen LogP contribution is 2.44. The molecule has 0 fully saturated rings. The van der Waals surface area contributed by atoms with Crippen LogP contribution in [0.25, 0.3) is 11.1 Å². The zero-order valence-electron chi connectivity index (χ0n) is 18.5. The average molecular weight is 439 g/mol. The zero-order valence-corrected chi connectivity index (χ0v) is 18.5. The van der Waals surface area contributed by atoms with Gasteiger partial charge in [-0.1, -0.05) is 55.5 Å². The second-order valence-electron chi connectivity index (χ2n) is 8.10. The Morgan fingerprint density at radius 2 is 1.62 bits per heavy atom. The maximum atomic E-state index is 12.5. The summed E-state index contributed by atoms with van der Waals surface area (Å²) in [6.07, 6.45) is 0.156. The van der Waals surface area contributed by atoms with Crippen LogP contribution >= 0.6 is 0 Å². The fourth-order valence-electron chi connectivity index (χ4n) is 4.15. The number of nitrogens with one attached hydrogen (secondary N) is 1. The molecule has 170 valence electrons. The first-order chi connectivity index (χ1) is 15.4. The van der Waals surface area contributed by atoms with Gasteiger partial charge in [0.1, 0.15) is 6.61 Å². The number of carboxylic acid groups (broad SMARTS) is 1. The van der Waals surface area contributed by atoms with E-state index in [1.54, 1.807) is 6.92 Å². The van der Waals surface area contributed by atoms with Gasteiger partial charge in [0.25, 0.3) is 0 Å². The summed E-state index contributed by atoms with van der Waals surface area (Å²) in [5.74, 6) is -1.15. The fourth-order valence-corrected chi connectivity index (χ4v) is 4.15. The molecule has 2 N–H and O–H groups in total. The van der Waals surface area contributed by atoms with Gasteiger partial charge in [-0.2, -0.15) is 0 Å². The lowest BCUT2D eigenvalue weighted by Gasteiger charge is -2.23. The lowest BCUT2D eigenvalue weighted by atomic mass is 9.98. The number of hydrogen-bond donors (Lipinski definition) is 2. The fraction of sp³-hybridized carbons (Fsp3) is 0.400. The van der Waals surface area contributed by atoms with Crippen LogP contribution in [-0.4, -0.2) is 53.7 Å². The van der Waals surface area contributed by atoms with E-state index in [0.717, 1.165) is 28.7 Å². The molecule has 0 aliphatic heterocycles. The van der Waals surface area contributed by atoms with Gasteiger partial charge in [-0.25, -0.2) is 4.79 Å². The Bertz CT molecular complexity index is 929. The van der Waals surface area contributed by atoms with Crippen molar-refractivity contribution in [3.05, 3.63) is 59.7 Å². The van der Waals surface area contributed by atoms with Crippen molar-refractivity contribution in [3.63, 3.8) is 0 Å². The maximum Gasteiger partial charge on any atom is 0.407 e. The summed E-state index contributed by atoms with van der Waals surface area (Å²) in [5.41, 5.74) is 4.60. The van der Waals surface area contributed by atoms with Crippen molar-refractivity contribution in [3.8, 4) is 11.1 Å². The third-order valence-corrected chi connectivity index (χ3v) is 5.63. The molecule has 1 aliphatic carbocycles. The summed E-state index contributed by atoms with van der Waals surface area (Å²) >= 11 is 0. The second-order valence-corrected chi connectivity index (χ2v) is 8.10. The normalized spacial score (nSPS) is 13.1. The Morgan fingerprint density at radius 3 is 2.19 bits per heavy atom. The Kier molecular flexibility index (Phi) is 7.87. The molecule has 0 spiro atoms. The number of ether oxygens (including phenoxy) is 1. The minimum absolute atomic E-state index is 0.0267. The van der Waals surface area contributed by atoms with Gasteiger partial charge in [0.15, 0.2) is 0 Å². The monoisotopic (exact) mass is 438 g/mol. The summed E-state index contributed by atoms with van der Waals surface area (Å²) in [5, 5.41) is 11.6. The van der Waals surface area contributed by atoms with Crippen LogP contribution in [0.3, 0.4) is 0 Å². The third-order valence-electron chi connectivity index (χ3n) is 5.63. The number of alkyl carbamates (subject to hydrolysis) is 1. The van der Waals surface area contributed by atoms with E-state index in [2.05, 4.69) is 29.6 Å². The summed E-state index contributed by atoms with van der Waals surface area (Å²) in [6.45, 7) is 4.53. The van der Waals surface area contributed by atoms with Crippen LogP contribution in [0.1, 0.15) is 50.2 Å². The van der Waals surface area contributed by atoms with Gasteiger partial charge in [-0.15, -0.1) is 0 Å². The van der Waals surface area contributed by atoms with E-state index in [-0.39, 0.29) is 37.8 Å². The number of nitrogens with zero attached hydrogens (tertiary/aromatic N) is 1. The molecular formula is C25H30N2O5. The van der Waals surface area contributed by atoms with Crippen molar-refractivity contribution >= 4 is 18.0 Å². The minimum atomic E-state index is -0.941. The molecular weight excluding hydrogens is 408 g/mol. The van der Waals surface area contributed by atoms with Crippen LogP contribution in [0.5, 0.6) is 0 Å². The van der Waals surface area contributed by atoms with Crippen LogP contribution in [0.15, 0.2) is 48.5 Å². The molecule has 0 heterocycles. The average Bonchev–Trinajstić information content (AvgIpc) is 3.08. The lowest BCUT2D eigenvalue weighted by Crippen LogP contribution is -2.40. The van der Waals surface area contributed by atoms with Crippen LogP contribution in [-0.2, 0) is 14.3 Å². The lowest BCUT2D eigenvalue weighted by molar-refractivity contribution is -0.138. The van der Waals surface area contributed by atoms with Crippen molar-refractivity contribution < 1.29 is 24.2 Å². The van der Waals surface area contributed by atoms with Crippen molar-refractivity contribution in [2.24, 2.45) is 0 Å². The van der Waals surface area contributed by atoms with Gasteiger partial charge >= 0.3 is 12.1 Å². The van der Waals surface area contributed by atoms with Gasteiger partial charge in [0.05, 0.1) is 6.42 Å². The van der Waals surface area contributed by atoms with Gasteiger partial charge in [-0.05, 0) is 35.6 Å². The standard InChI is InChI=1S/C25H30N2O5/c1-3-13-27(14-12-24(29)30)23(28)15-17(2)26-25(31)32-16-22-20-10-6-4-8-18(20)19-9-5-7-11-21(19)22/h4-11,17,22H,3,12-16H2,1-2H3,(H,26,31)(H,29,30)/t17-/m1/s1. The molecule has 1 aliphatic rings. The predicted molar refractivity (Wildman–Crippen MR) is 121 cm³/mol. The third kappa shape index (κ3) is 5.66. The molecule has 0 radical (unpaired) electrons. The molecule has 7 heteroatoms. The van der Waals surface area contributed by atoms with Crippen molar-refractivity contribution in [2.75, 3.05) is 19.7 Å². The van der Waals surface area contributed by atoms with E-state index in [0.29, 0.717) is 6.54 Å². The van der Waals surface area contributed by atoms with E-state index in [9.17, 15) is 14.4 Å². The van der Waals surface area contributed by atoms with E-state index >= 15 is 0 Å². The van der Waals surface area contributed by atoms with Crippen molar-refractivity contribution in [1.82, 2.24) is 10.2 Å². The Balaban J connectivity index is 1.53. The van der Waals surface area contributed by atoms with Gasteiger partial charge in [0, 0.05) is 31.5 Å². The zero-order chi connectivity index (χ0) is 23.1. The highest BCUT2D eigenvalue weighted by Gasteiger charge is 2.29. The quantitative estimate of drug-likeness (QED) is 0.584. The number of fused-ring (bicyclic) bond motifs is 3. The number of aliphatic carboxylic acids is 1. The van der Waals surface area contributed by atoms with E-state index in [4.69, 9.17) is 9.84 Å². The molecule has 2 aromatic rings. The Labute approximate surface area is 188 Å². The summed E-state index contributed by atoms with van der Waals surface area (Å²) < 4.78 is 5.53. The number of amides is 2. The second kappa shape index (κ2) is 10.8. The molecule has 0 unspecified atom stereocenters. The number of benzene rings is 2. The summed E-state index contributed by atoms with van der Waals surface area (Å²) in [7, 11) is 0. The number of hydrogen-bond acceptors (Lipinski definition) is 4. The molecule has 3 rings (SSSR count). The van der Waals surface area contributed by atoms with Crippen LogP contribution in [0, 0.1) is 0 Å². The SMILES string of the molecule is CCCN(CCC(=O)O)C(=O)C[C@@H](C)NC(=O)OCC1c2ccccc2-c2ccccc21. The largest absolute Gasteiger partial charge is 0.481 e. The van der Waals surface area contributed by atoms with Gasteiger partial charge < -0.3 is 20.1 Å². The van der Waals surface area contributed by atoms with Crippen molar-refractivity contribution in [1.29, 1.82) is 0 Å². The molecule has 1 atom stereocenters. The maximum absolute atomic E-state index is 12.5. The first-order valence-corrected chi connectivity index (χ1v) is 11.0. The van der Waals surface area contributed by atoms with Crippen molar-refractivity contribution in [2.45, 2.75) is 45.1 Å². The van der Waals surface area contributed by atoms with Crippen LogP contribution < -0.4 is 5.32 Å². The van der Waals surface area contributed by atoms with E-state index < -0.39 is 18.1 Å². The van der Waals surface area contributed by atoms with Crippen LogP contribution in [0.4, 0.5) is 4.79 Å². The van der Waals surface area contributed by atoms with Gasteiger partial charge in [-0.3, -0.25) is 9.59 Å². The molecule has 7 nitrogen and oxygen atoms in total. The molecule has 0 saturated heterocycles. The summed E-state index contributed by atoms with van der Waals surface area (Å²) in [4.78, 5) is 37.3. The molecule has 2 amide bonds. The number of carbonyl (C=O) groups excluding carboxylic acids is 2. The van der Waals surface area contributed by atoms with Gasteiger partial charge in [0.2, 0.25) is 5.91 Å². The highest BCUT2D eigenvalue weighted by molar-refractivity contribution is 5.80.